The fourth-order valence-corrected chi connectivity index (χ4v) is 7.30. The zero-order valence-corrected chi connectivity index (χ0v) is 22.9. The van der Waals surface area contributed by atoms with Crippen molar-refractivity contribution in [1.29, 1.82) is 0 Å². The van der Waals surface area contributed by atoms with Crippen LogP contribution in [0.2, 0.25) is 0 Å². The van der Waals surface area contributed by atoms with Gasteiger partial charge in [0.25, 0.3) is 5.91 Å². The van der Waals surface area contributed by atoms with Crippen molar-refractivity contribution in [2.45, 2.75) is 62.5 Å². The van der Waals surface area contributed by atoms with Crippen LogP contribution in [0.15, 0.2) is 24.3 Å². The van der Waals surface area contributed by atoms with Gasteiger partial charge in [-0.1, -0.05) is 19.8 Å². The molecule has 3 heterocycles. The lowest BCUT2D eigenvalue weighted by molar-refractivity contribution is -0.139. The first-order chi connectivity index (χ1) is 18.0. The number of Topliss-reactive ketones (excluding diaryl/α,β-unsaturated/α-hetero) is 1. The number of fused-ring (bicyclic) bond motifs is 1. The Labute approximate surface area is 224 Å². The highest BCUT2D eigenvalue weighted by Crippen LogP contribution is 2.36. The fraction of sp³-hybridized carbons (Fsp3) is 0.679. The molecule has 202 valence electrons. The Kier molecular flexibility index (Phi) is 8.41. The van der Waals surface area contributed by atoms with Gasteiger partial charge in [-0.25, -0.2) is 0 Å². The molecule has 8 nitrogen and oxygen atoms in total. The Balaban J connectivity index is 1.27. The number of hydrogen-bond acceptors (Lipinski definition) is 7. The summed E-state index contributed by atoms with van der Waals surface area (Å²) in [5, 5.41) is 3.17. The highest BCUT2D eigenvalue weighted by molar-refractivity contribution is 7.99. The molecule has 1 saturated carbocycles. The highest BCUT2D eigenvalue weighted by atomic mass is 32.2. The Bertz CT molecular complexity index is 975. The molecular formula is C28H40N4O4S. The smallest absolute Gasteiger partial charge is 0.251 e. The number of likely N-dealkylation sites (tertiary alicyclic amines) is 1. The Morgan fingerprint density at radius 1 is 1.11 bits per heavy atom. The lowest BCUT2D eigenvalue weighted by atomic mass is 9.95. The molecule has 3 aliphatic heterocycles. The van der Waals surface area contributed by atoms with Crippen molar-refractivity contribution in [2.75, 3.05) is 57.0 Å². The largest absolute Gasteiger partial charge is 0.369 e. The first-order valence-corrected chi connectivity index (χ1v) is 15.1. The number of hydrogen-bond donors (Lipinski definition) is 1. The van der Waals surface area contributed by atoms with Gasteiger partial charge in [0.1, 0.15) is 18.7 Å². The van der Waals surface area contributed by atoms with E-state index in [-0.39, 0.29) is 41.5 Å². The van der Waals surface area contributed by atoms with E-state index in [0.717, 1.165) is 64.1 Å². The van der Waals surface area contributed by atoms with Crippen molar-refractivity contribution >= 4 is 35.0 Å². The second-order valence-electron chi connectivity index (χ2n) is 10.8. The minimum atomic E-state index is -0.615. The van der Waals surface area contributed by atoms with E-state index < -0.39 is 12.1 Å². The molecule has 0 radical (unpaired) electrons. The van der Waals surface area contributed by atoms with Crippen molar-refractivity contribution in [3.63, 3.8) is 0 Å². The molecule has 5 rings (SSSR count). The molecule has 0 spiro atoms. The summed E-state index contributed by atoms with van der Waals surface area (Å²) in [5.74, 6) is -0.292. The van der Waals surface area contributed by atoms with Crippen LogP contribution in [0.5, 0.6) is 0 Å². The van der Waals surface area contributed by atoms with Crippen molar-refractivity contribution in [2.24, 2.45) is 5.92 Å². The quantitative estimate of drug-likeness (QED) is 0.555. The minimum absolute atomic E-state index is 0.0301. The Morgan fingerprint density at radius 3 is 2.46 bits per heavy atom. The van der Waals surface area contributed by atoms with Gasteiger partial charge in [0.15, 0.2) is 5.78 Å². The average Bonchev–Trinajstić information content (AvgIpc) is 3.67. The number of piperazine rings is 1. The van der Waals surface area contributed by atoms with Crippen molar-refractivity contribution in [3.05, 3.63) is 29.8 Å². The van der Waals surface area contributed by atoms with E-state index in [9.17, 15) is 14.4 Å². The standard InChI is InChI=1S/C28H40N4O4S/c1-3-12-30-13-15-31(16-14-30)21-10-8-20(9-11-21)27(34)29-24(19-6-4-5-7-19)28(35)32-17-23(37-2)26-25(32)22(33)18-36-26/h8-11,19,23-26H,3-7,12-18H2,1-2H3,(H,29,34)/t23-,24-,25+,26+/m0/s1. The summed E-state index contributed by atoms with van der Waals surface area (Å²) in [6, 6.07) is 6.62. The predicted octanol–water partition coefficient (Wildman–Crippen LogP) is 2.42. The number of amides is 2. The van der Waals surface area contributed by atoms with Crippen LogP contribution in [0.4, 0.5) is 5.69 Å². The van der Waals surface area contributed by atoms with Crippen LogP contribution < -0.4 is 10.2 Å². The SMILES string of the molecule is CCCN1CCN(c2ccc(C(=O)N[C@H](C(=O)N3C[C@H](SC)[C@H]4OCC(=O)[C@H]43)C3CCCC3)cc2)CC1. The van der Waals surface area contributed by atoms with Gasteiger partial charge in [-0.05, 0) is 62.2 Å². The molecule has 4 fully saturated rings. The van der Waals surface area contributed by atoms with E-state index in [1.165, 1.54) is 6.42 Å². The van der Waals surface area contributed by atoms with Gasteiger partial charge in [0.05, 0.1) is 11.4 Å². The van der Waals surface area contributed by atoms with E-state index >= 15 is 0 Å². The van der Waals surface area contributed by atoms with Crippen molar-refractivity contribution in [1.82, 2.24) is 15.1 Å². The number of carbonyl (C=O) groups excluding carboxylic acids is 3. The molecule has 1 aromatic rings. The highest BCUT2D eigenvalue weighted by Gasteiger charge is 2.53. The molecular weight excluding hydrogens is 488 g/mol. The van der Waals surface area contributed by atoms with Gasteiger partial charge in [-0.2, -0.15) is 11.8 Å². The Hall–Kier alpha value is -2.10. The second-order valence-corrected chi connectivity index (χ2v) is 11.9. The first kappa shape index (κ1) is 26.5. The molecule has 0 aromatic heterocycles. The number of nitrogens with zero attached hydrogens (tertiary/aromatic N) is 3. The molecule has 37 heavy (non-hydrogen) atoms. The van der Waals surface area contributed by atoms with Crippen LogP contribution in [-0.4, -0.2) is 103 Å². The van der Waals surface area contributed by atoms with Gasteiger partial charge >= 0.3 is 0 Å². The number of rotatable bonds is 8. The van der Waals surface area contributed by atoms with Crippen LogP contribution in [0.1, 0.15) is 49.4 Å². The first-order valence-electron chi connectivity index (χ1n) is 13.9. The fourth-order valence-electron chi connectivity index (χ4n) is 6.49. The van der Waals surface area contributed by atoms with Gasteiger partial charge in [-0.3, -0.25) is 19.3 Å². The van der Waals surface area contributed by atoms with E-state index in [4.69, 9.17) is 4.74 Å². The van der Waals surface area contributed by atoms with E-state index in [2.05, 4.69) is 22.0 Å². The maximum atomic E-state index is 13.9. The molecule has 1 aromatic carbocycles. The number of ketones is 1. The van der Waals surface area contributed by atoms with Crippen LogP contribution in [0, 0.1) is 5.92 Å². The zero-order chi connectivity index (χ0) is 25.9. The average molecular weight is 529 g/mol. The number of ether oxygens (including phenoxy) is 1. The molecule has 1 N–H and O–H groups in total. The third kappa shape index (κ3) is 5.54. The number of nitrogens with one attached hydrogen (secondary N) is 1. The van der Waals surface area contributed by atoms with Crippen LogP contribution in [0.25, 0.3) is 0 Å². The normalized spacial score (nSPS) is 27.5. The van der Waals surface area contributed by atoms with E-state index in [1.54, 1.807) is 16.7 Å². The van der Waals surface area contributed by atoms with Gasteiger partial charge in [0.2, 0.25) is 5.91 Å². The summed E-state index contributed by atoms with van der Waals surface area (Å²) in [6.45, 7) is 8.01. The monoisotopic (exact) mass is 528 g/mol. The van der Waals surface area contributed by atoms with Crippen molar-refractivity contribution < 1.29 is 19.1 Å². The van der Waals surface area contributed by atoms with Crippen molar-refractivity contribution in [3.8, 4) is 0 Å². The molecule has 2 amide bonds. The summed E-state index contributed by atoms with van der Waals surface area (Å²) in [7, 11) is 0. The summed E-state index contributed by atoms with van der Waals surface area (Å²) in [6.07, 6.45) is 6.87. The third-order valence-electron chi connectivity index (χ3n) is 8.55. The summed E-state index contributed by atoms with van der Waals surface area (Å²) >= 11 is 1.64. The molecule has 0 unspecified atom stereocenters. The number of thioether (sulfide) groups is 1. The molecule has 3 saturated heterocycles. The topological polar surface area (TPSA) is 82.2 Å². The lowest BCUT2D eigenvalue weighted by Gasteiger charge is -2.36. The van der Waals surface area contributed by atoms with E-state index in [1.807, 2.05) is 30.5 Å². The summed E-state index contributed by atoms with van der Waals surface area (Å²) < 4.78 is 5.75. The maximum Gasteiger partial charge on any atom is 0.251 e. The maximum absolute atomic E-state index is 13.9. The Morgan fingerprint density at radius 2 is 1.81 bits per heavy atom. The zero-order valence-electron chi connectivity index (χ0n) is 22.1. The van der Waals surface area contributed by atoms with Gasteiger partial charge in [-0.15, -0.1) is 0 Å². The van der Waals surface area contributed by atoms with E-state index in [0.29, 0.717) is 12.1 Å². The van der Waals surface area contributed by atoms with Crippen LogP contribution in [0.3, 0.4) is 0 Å². The predicted molar refractivity (Wildman–Crippen MR) is 146 cm³/mol. The lowest BCUT2D eigenvalue weighted by Crippen LogP contribution is -2.54. The van der Waals surface area contributed by atoms with Crippen LogP contribution >= 0.6 is 11.8 Å². The number of carbonyl (C=O) groups is 3. The number of benzene rings is 1. The van der Waals surface area contributed by atoms with Crippen LogP contribution in [-0.2, 0) is 14.3 Å². The third-order valence-corrected chi connectivity index (χ3v) is 9.58. The molecule has 1 aliphatic carbocycles. The molecule has 4 atom stereocenters. The second kappa shape index (κ2) is 11.7. The summed E-state index contributed by atoms with van der Waals surface area (Å²) in [4.78, 5) is 46.4. The minimum Gasteiger partial charge on any atom is -0.369 e. The van der Waals surface area contributed by atoms with Gasteiger partial charge < -0.3 is 19.9 Å². The molecule has 0 bridgehead atoms. The summed E-state index contributed by atoms with van der Waals surface area (Å²) in [5.41, 5.74) is 1.69. The van der Waals surface area contributed by atoms with Gasteiger partial charge in [0, 0.05) is 44.0 Å². The molecule has 9 heteroatoms. The molecule has 4 aliphatic rings. The number of anilines is 1.